The van der Waals surface area contributed by atoms with Crippen molar-refractivity contribution in [2.24, 2.45) is 0 Å². The number of anilines is 1. The number of carbonyl (C=O) groups excluding carboxylic acids is 2. The lowest BCUT2D eigenvalue weighted by Gasteiger charge is -2.23. The van der Waals surface area contributed by atoms with Crippen LogP contribution >= 0.6 is 0 Å². The van der Waals surface area contributed by atoms with Gasteiger partial charge >= 0.3 is 5.97 Å². The van der Waals surface area contributed by atoms with Crippen molar-refractivity contribution >= 4 is 23.5 Å². The second-order valence-corrected chi connectivity index (χ2v) is 4.08. The number of rotatable bonds is 3. The predicted octanol–water partition coefficient (Wildman–Crippen LogP) is -0.589. The van der Waals surface area contributed by atoms with Crippen LogP contribution in [-0.2, 0) is 9.59 Å². The molecule has 7 nitrogen and oxygen atoms in total. The Morgan fingerprint density at radius 3 is 2.68 bits per heavy atom. The van der Waals surface area contributed by atoms with E-state index in [1.54, 1.807) is 12.1 Å². The van der Waals surface area contributed by atoms with E-state index in [4.69, 9.17) is 5.11 Å². The van der Waals surface area contributed by atoms with Gasteiger partial charge < -0.3 is 15.7 Å². The molecule has 1 aromatic rings. The number of carbonyl (C=O) groups is 3. The fourth-order valence-corrected chi connectivity index (χ4v) is 1.75. The Labute approximate surface area is 109 Å². The Morgan fingerprint density at radius 2 is 2.05 bits per heavy atom. The average Bonchev–Trinajstić information content (AvgIpc) is 2.39. The molecule has 0 bridgehead atoms. The largest absolute Gasteiger partial charge is 0.478 e. The SMILES string of the molecule is O=C1CNC(C(=O)Nc2ccccc2C(=O)O)CN1. The number of amides is 2. The summed E-state index contributed by atoms with van der Waals surface area (Å²) in [5, 5.41) is 16.9. The van der Waals surface area contributed by atoms with E-state index < -0.39 is 12.0 Å². The topological polar surface area (TPSA) is 108 Å². The molecule has 0 saturated carbocycles. The van der Waals surface area contributed by atoms with Crippen molar-refractivity contribution in [2.75, 3.05) is 18.4 Å². The van der Waals surface area contributed by atoms with Gasteiger partial charge in [0, 0.05) is 6.54 Å². The summed E-state index contributed by atoms with van der Waals surface area (Å²) in [6.07, 6.45) is 0. The van der Waals surface area contributed by atoms with Crippen LogP contribution in [0.15, 0.2) is 24.3 Å². The molecule has 1 unspecified atom stereocenters. The summed E-state index contributed by atoms with van der Waals surface area (Å²) in [5.74, 6) is -1.66. The van der Waals surface area contributed by atoms with E-state index in [1.165, 1.54) is 12.1 Å². The molecule has 1 aliphatic heterocycles. The minimum atomic E-state index is -1.11. The normalized spacial score (nSPS) is 18.5. The minimum Gasteiger partial charge on any atom is -0.478 e. The van der Waals surface area contributed by atoms with Crippen LogP contribution in [-0.4, -0.2) is 42.0 Å². The van der Waals surface area contributed by atoms with Crippen molar-refractivity contribution in [2.45, 2.75) is 6.04 Å². The molecule has 0 aliphatic carbocycles. The fraction of sp³-hybridized carbons (Fsp3) is 0.250. The van der Waals surface area contributed by atoms with Crippen molar-refractivity contribution in [3.8, 4) is 0 Å². The van der Waals surface area contributed by atoms with Crippen LogP contribution < -0.4 is 16.0 Å². The molecule has 0 radical (unpaired) electrons. The number of carboxylic acid groups (broad SMARTS) is 1. The number of nitrogens with one attached hydrogen (secondary N) is 3. The van der Waals surface area contributed by atoms with Gasteiger partial charge in [-0.05, 0) is 12.1 Å². The number of hydrogen-bond donors (Lipinski definition) is 4. The van der Waals surface area contributed by atoms with E-state index in [1.807, 2.05) is 0 Å². The number of piperazine rings is 1. The number of aromatic carboxylic acids is 1. The molecule has 4 N–H and O–H groups in total. The third-order valence-electron chi connectivity index (χ3n) is 2.74. The summed E-state index contributed by atoms with van der Waals surface area (Å²) in [6, 6.07) is 5.58. The van der Waals surface area contributed by atoms with Crippen molar-refractivity contribution in [3.05, 3.63) is 29.8 Å². The van der Waals surface area contributed by atoms with Crippen molar-refractivity contribution in [3.63, 3.8) is 0 Å². The Bertz CT molecular complexity index is 519. The summed E-state index contributed by atoms with van der Waals surface area (Å²) in [4.78, 5) is 33.9. The fourth-order valence-electron chi connectivity index (χ4n) is 1.75. The van der Waals surface area contributed by atoms with Crippen LogP contribution in [0.2, 0.25) is 0 Å². The van der Waals surface area contributed by atoms with Crippen LogP contribution in [0.25, 0.3) is 0 Å². The Balaban J connectivity index is 2.07. The molecule has 2 rings (SSSR count). The van der Waals surface area contributed by atoms with Crippen molar-refractivity contribution < 1.29 is 19.5 Å². The number of benzene rings is 1. The lowest BCUT2D eigenvalue weighted by molar-refractivity contribution is -0.124. The first-order chi connectivity index (χ1) is 9.08. The van der Waals surface area contributed by atoms with Crippen LogP contribution in [0, 0.1) is 0 Å². The second-order valence-electron chi connectivity index (χ2n) is 4.08. The zero-order valence-electron chi connectivity index (χ0n) is 9.97. The summed E-state index contributed by atoms with van der Waals surface area (Å²) in [6.45, 7) is 0.249. The molecule has 100 valence electrons. The van der Waals surface area contributed by atoms with Crippen molar-refractivity contribution in [1.82, 2.24) is 10.6 Å². The van der Waals surface area contributed by atoms with Gasteiger partial charge in [0.25, 0.3) is 0 Å². The third-order valence-corrected chi connectivity index (χ3v) is 2.74. The summed E-state index contributed by atoms with van der Waals surface area (Å²) < 4.78 is 0. The van der Waals surface area contributed by atoms with Gasteiger partial charge in [-0.3, -0.25) is 14.9 Å². The zero-order valence-corrected chi connectivity index (χ0v) is 9.97. The summed E-state index contributed by atoms with van der Waals surface area (Å²) >= 11 is 0. The smallest absolute Gasteiger partial charge is 0.337 e. The predicted molar refractivity (Wildman–Crippen MR) is 66.8 cm³/mol. The molecule has 1 aromatic carbocycles. The van der Waals surface area contributed by atoms with Gasteiger partial charge in [-0.2, -0.15) is 0 Å². The first-order valence-electron chi connectivity index (χ1n) is 5.71. The number of hydrogen-bond acceptors (Lipinski definition) is 4. The maximum Gasteiger partial charge on any atom is 0.337 e. The molecule has 0 aromatic heterocycles. The van der Waals surface area contributed by atoms with Crippen LogP contribution in [0.5, 0.6) is 0 Å². The van der Waals surface area contributed by atoms with Crippen LogP contribution in [0.1, 0.15) is 10.4 Å². The molecule has 0 spiro atoms. The number of carboxylic acids is 1. The second kappa shape index (κ2) is 5.49. The highest BCUT2D eigenvalue weighted by Crippen LogP contribution is 2.15. The van der Waals surface area contributed by atoms with Gasteiger partial charge in [-0.15, -0.1) is 0 Å². The quantitative estimate of drug-likeness (QED) is 0.583. The third kappa shape index (κ3) is 3.08. The molecule has 1 heterocycles. The molecule has 2 amide bonds. The summed E-state index contributed by atoms with van der Waals surface area (Å²) in [7, 11) is 0. The molecule has 1 aliphatic rings. The maximum absolute atomic E-state index is 11.9. The highest BCUT2D eigenvalue weighted by molar-refractivity contribution is 6.02. The average molecular weight is 263 g/mol. The Morgan fingerprint density at radius 1 is 1.32 bits per heavy atom. The summed E-state index contributed by atoms with van der Waals surface area (Å²) in [5.41, 5.74) is 0.259. The Kier molecular flexibility index (Phi) is 3.76. The maximum atomic E-state index is 11.9. The van der Waals surface area contributed by atoms with Gasteiger partial charge in [0.2, 0.25) is 11.8 Å². The first kappa shape index (κ1) is 13.0. The lowest BCUT2D eigenvalue weighted by atomic mass is 10.1. The monoisotopic (exact) mass is 263 g/mol. The van der Waals surface area contributed by atoms with Gasteiger partial charge in [-0.25, -0.2) is 4.79 Å². The molecular weight excluding hydrogens is 250 g/mol. The van der Waals surface area contributed by atoms with Gasteiger partial charge in [0.05, 0.1) is 17.8 Å². The van der Waals surface area contributed by atoms with E-state index in [0.29, 0.717) is 0 Å². The molecule has 7 heteroatoms. The van der Waals surface area contributed by atoms with Gasteiger partial charge in [0.15, 0.2) is 0 Å². The van der Waals surface area contributed by atoms with E-state index in [0.717, 1.165) is 0 Å². The van der Waals surface area contributed by atoms with E-state index >= 15 is 0 Å². The van der Waals surface area contributed by atoms with E-state index in [9.17, 15) is 14.4 Å². The standard InChI is InChI=1S/C12H13N3O4/c16-10-6-13-9(5-14-10)11(17)15-8-4-2-1-3-7(8)12(18)19/h1-4,9,13H,5-6H2,(H,14,16)(H,15,17)(H,18,19). The lowest BCUT2D eigenvalue weighted by Crippen LogP contribution is -2.56. The molecular formula is C12H13N3O4. The molecule has 19 heavy (non-hydrogen) atoms. The minimum absolute atomic E-state index is 0.0238. The first-order valence-corrected chi connectivity index (χ1v) is 5.71. The van der Waals surface area contributed by atoms with E-state index in [-0.39, 0.29) is 36.2 Å². The van der Waals surface area contributed by atoms with E-state index in [2.05, 4.69) is 16.0 Å². The van der Waals surface area contributed by atoms with Crippen LogP contribution in [0.3, 0.4) is 0 Å². The Hall–Kier alpha value is -2.41. The van der Waals surface area contributed by atoms with Crippen LogP contribution in [0.4, 0.5) is 5.69 Å². The highest BCUT2D eigenvalue weighted by Gasteiger charge is 2.24. The van der Waals surface area contributed by atoms with Crippen molar-refractivity contribution in [1.29, 1.82) is 0 Å². The molecule has 1 atom stereocenters. The van der Waals surface area contributed by atoms with Gasteiger partial charge in [0.1, 0.15) is 6.04 Å². The number of para-hydroxylation sites is 1. The molecule has 1 fully saturated rings. The van der Waals surface area contributed by atoms with Gasteiger partial charge in [-0.1, -0.05) is 12.1 Å². The highest BCUT2D eigenvalue weighted by atomic mass is 16.4. The zero-order chi connectivity index (χ0) is 13.8. The molecule has 1 saturated heterocycles.